The topological polar surface area (TPSA) is 55.3 Å². The number of guanidine groups is 1. The van der Waals surface area contributed by atoms with Crippen LogP contribution in [0.3, 0.4) is 0 Å². The number of hydrogen-bond donors (Lipinski definition) is 1. The second-order valence-electron chi connectivity index (χ2n) is 6.19. The highest BCUT2D eigenvalue weighted by atomic mass is 127. The average Bonchev–Trinajstić information content (AvgIpc) is 2.61. The van der Waals surface area contributed by atoms with Gasteiger partial charge in [0, 0.05) is 60.2 Å². The number of aliphatic imine (C=N–C) groups is 1. The Balaban J connectivity index is 0.00000576. The molecular weight excluding hydrogens is 433 g/mol. The Labute approximate surface area is 171 Å². The first-order valence-corrected chi connectivity index (χ1v) is 9.44. The van der Waals surface area contributed by atoms with Crippen LogP contribution in [-0.4, -0.2) is 77.2 Å². The van der Waals surface area contributed by atoms with Crippen LogP contribution in [0.25, 0.3) is 0 Å². The lowest BCUT2D eigenvalue weighted by Crippen LogP contribution is -2.47. The Morgan fingerprint density at radius 3 is 2.32 bits per heavy atom. The Hall–Kier alpha value is -0.120. The van der Waals surface area contributed by atoms with Gasteiger partial charge in [-0.15, -0.1) is 24.0 Å². The molecule has 1 rings (SSSR count). The fourth-order valence-corrected chi connectivity index (χ4v) is 2.83. The lowest BCUT2D eigenvalue weighted by Gasteiger charge is -2.34. The molecule has 0 atom stereocenters. The highest BCUT2D eigenvalue weighted by molar-refractivity contribution is 14.0. The zero-order valence-electron chi connectivity index (χ0n) is 16.3. The number of nitrogens with zero attached hydrogens (tertiary/aromatic N) is 2. The Morgan fingerprint density at radius 1 is 1.00 bits per heavy atom. The highest BCUT2D eigenvalue weighted by Crippen LogP contribution is 2.14. The standard InChI is InChI=1S/C18H37N3O3.HI/c1-4-19-18(20-11-6-5-7-14-22-2)21-12-9-17(10-13-21)24-16-8-15-23-3;/h17H,4-16H2,1-3H3,(H,19,20);1H. The minimum Gasteiger partial charge on any atom is -0.385 e. The molecule has 1 N–H and O–H groups in total. The molecule has 0 spiro atoms. The average molecular weight is 471 g/mol. The van der Waals surface area contributed by atoms with Crippen molar-refractivity contribution >= 4 is 29.9 Å². The molecule has 0 aromatic rings. The summed E-state index contributed by atoms with van der Waals surface area (Å²) in [5.41, 5.74) is 0. The molecule has 0 radical (unpaired) electrons. The molecule has 0 bridgehead atoms. The van der Waals surface area contributed by atoms with Crippen LogP contribution in [0, 0.1) is 0 Å². The summed E-state index contributed by atoms with van der Waals surface area (Å²) in [5.74, 6) is 1.06. The molecule has 0 amide bonds. The normalized spacial score (nSPS) is 16.0. The Morgan fingerprint density at radius 2 is 1.68 bits per heavy atom. The first-order chi connectivity index (χ1) is 11.8. The van der Waals surface area contributed by atoms with E-state index in [0.717, 1.165) is 84.1 Å². The Kier molecular flexibility index (Phi) is 17.2. The lowest BCUT2D eigenvalue weighted by atomic mass is 10.1. The number of likely N-dealkylation sites (tertiary alicyclic amines) is 1. The fourth-order valence-electron chi connectivity index (χ4n) is 2.83. The summed E-state index contributed by atoms with van der Waals surface area (Å²) >= 11 is 0. The minimum atomic E-state index is 0. The molecule has 0 aliphatic carbocycles. The van der Waals surface area contributed by atoms with Crippen molar-refractivity contribution in [2.45, 2.75) is 51.6 Å². The van der Waals surface area contributed by atoms with Crippen molar-refractivity contribution in [2.24, 2.45) is 4.99 Å². The van der Waals surface area contributed by atoms with Gasteiger partial charge in [-0.1, -0.05) is 0 Å². The van der Waals surface area contributed by atoms with E-state index in [1.165, 1.54) is 6.42 Å². The predicted octanol–water partition coefficient (Wildman–Crippen LogP) is 2.90. The molecule has 7 heteroatoms. The van der Waals surface area contributed by atoms with Gasteiger partial charge in [0.15, 0.2) is 5.96 Å². The van der Waals surface area contributed by atoms with Gasteiger partial charge in [0.05, 0.1) is 6.10 Å². The highest BCUT2D eigenvalue weighted by Gasteiger charge is 2.21. The minimum absolute atomic E-state index is 0. The monoisotopic (exact) mass is 471 g/mol. The van der Waals surface area contributed by atoms with Crippen molar-refractivity contribution in [2.75, 3.05) is 60.2 Å². The molecule has 150 valence electrons. The van der Waals surface area contributed by atoms with Crippen molar-refractivity contribution in [1.29, 1.82) is 0 Å². The number of ether oxygens (including phenoxy) is 3. The van der Waals surface area contributed by atoms with Gasteiger partial charge in [-0.3, -0.25) is 4.99 Å². The van der Waals surface area contributed by atoms with Crippen molar-refractivity contribution in [1.82, 2.24) is 10.2 Å². The van der Waals surface area contributed by atoms with Gasteiger partial charge in [-0.2, -0.15) is 0 Å². The van der Waals surface area contributed by atoms with Crippen LogP contribution in [0.1, 0.15) is 45.4 Å². The first-order valence-electron chi connectivity index (χ1n) is 9.44. The second-order valence-corrected chi connectivity index (χ2v) is 6.19. The van der Waals surface area contributed by atoms with Crippen molar-refractivity contribution < 1.29 is 14.2 Å². The first kappa shape index (κ1) is 24.9. The summed E-state index contributed by atoms with van der Waals surface area (Å²) in [6.07, 6.45) is 6.93. The predicted molar refractivity (Wildman–Crippen MR) is 114 cm³/mol. The van der Waals surface area contributed by atoms with Crippen LogP contribution in [0.5, 0.6) is 0 Å². The number of hydrogen-bond acceptors (Lipinski definition) is 4. The van der Waals surface area contributed by atoms with E-state index >= 15 is 0 Å². The maximum absolute atomic E-state index is 5.93. The van der Waals surface area contributed by atoms with Crippen LogP contribution >= 0.6 is 24.0 Å². The van der Waals surface area contributed by atoms with Gasteiger partial charge in [0.2, 0.25) is 0 Å². The molecule has 6 nitrogen and oxygen atoms in total. The molecule has 1 aliphatic rings. The maximum atomic E-state index is 5.93. The zero-order valence-corrected chi connectivity index (χ0v) is 18.6. The number of nitrogens with one attached hydrogen (secondary N) is 1. The molecule has 1 fully saturated rings. The third-order valence-electron chi connectivity index (χ3n) is 4.19. The fraction of sp³-hybridized carbons (Fsp3) is 0.944. The van der Waals surface area contributed by atoms with Crippen LogP contribution in [0.2, 0.25) is 0 Å². The van der Waals surface area contributed by atoms with E-state index in [9.17, 15) is 0 Å². The van der Waals surface area contributed by atoms with Crippen LogP contribution in [0.15, 0.2) is 4.99 Å². The smallest absolute Gasteiger partial charge is 0.193 e. The van der Waals surface area contributed by atoms with Gasteiger partial charge < -0.3 is 24.4 Å². The largest absolute Gasteiger partial charge is 0.385 e. The number of piperidine rings is 1. The van der Waals surface area contributed by atoms with Crippen molar-refractivity contribution in [3.63, 3.8) is 0 Å². The van der Waals surface area contributed by atoms with E-state index in [2.05, 4.69) is 17.1 Å². The molecular formula is C18H38IN3O3. The van der Waals surface area contributed by atoms with Gasteiger partial charge in [0.25, 0.3) is 0 Å². The number of unbranched alkanes of at least 4 members (excludes halogenated alkanes) is 2. The summed E-state index contributed by atoms with van der Waals surface area (Å²) < 4.78 is 16.1. The third-order valence-corrected chi connectivity index (χ3v) is 4.19. The van der Waals surface area contributed by atoms with E-state index in [-0.39, 0.29) is 24.0 Å². The SMILES string of the molecule is CCNC(=NCCCCCOC)N1CCC(OCCCOC)CC1.I. The van der Waals surface area contributed by atoms with E-state index in [0.29, 0.717) is 6.10 Å². The summed E-state index contributed by atoms with van der Waals surface area (Å²) in [6, 6.07) is 0. The molecule has 0 aromatic heterocycles. The molecule has 1 heterocycles. The van der Waals surface area contributed by atoms with Crippen molar-refractivity contribution in [3.05, 3.63) is 0 Å². The molecule has 0 saturated carbocycles. The summed E-state index contributed by atoms with van der Waals surface area (Å²) in [5, 5.41) is 3.42. The van der Waals surface area contributed by atoms with Gasteiger partial charge in [-0.25, -0.2) is 0 Å². The maximum Gasteiger partial charge on any atom is 0.193 e. The van der Waals surface area contributed by atoms with E-state index in [1.54, 1.807) is 14.2 Å². The molecule has 1 saturated heterocycles. The number of methoxy groups -OCH3 is 2. The van der Waals surface area contributed by atoms with Gasteiger partial charge >= 0.3 is 0 Å². The van der Waals surface area contributed by atoms with Gasteiger partial charge in [-0.05, 0) is 45.4 Å². The van der Waals surface area contributed by atoms with E-state index in [1.807, 2.05) is 0 Å². The second kappa shape index (κ2) is 17.3. The van der Waals surface area contributed by atoms with E-state index < -0.39 is 0 Å². The molecule has 1 aliphatic heterocycles. The molecule has 0 aromatic carbocycles. The summed E-state index contributed by atoms with van der Waals surface area (Å²) in [4.78, 5) is 7.15. The Bertz CT molecular complexity index is 325. The van der Waals surface area contributed by atoms with Crippen LogP contribution in [0.4, 0.5) is 0 Å². The molecule has 25 heavy (non-hydrogen) atoms. The van der Waals surface area contributed by atoms with Crippen molar-refractivity contribution in [3.8, 4) is 0 Å². The number of rotatable bonds is 12. The quantitative estimate of drug-likeness (QED) is 0.205. The number of halogens is 1. The summed E-state index contributed by atoms with van der Waals surface area (Å²) in [7, 11) is 3.49. The van der Waals surface area contributed by atoms with Crippen LogP contribution in [-0.2, 0) is 14.2 Å². The molecule has 0 unspecified atom stereocenters. The van der Waals surface area contributed by atoms with E-state index in [4.69, 9.17) is 19.2 Å². The third kappa shape index (κ3) is 12.0. The zero-order chi connectivity index (χ0) is 17.5. The lowest BCUT2D eigenvalue weighted by molar-refractivity contribution is 0.00990. The van der Waals surface area contributed by atoms with Crippen LogP contribution < -0.4 is 5.32 Å². The summed E-state index contributed by atoms with van der Waals surface area (Å²) in [6.45, 7) is 8.39. The van der Waals surface area contributed by atoms with Gasteiger partial charge in [0.1, 0.15) is 0 Å².